The highest BCUT2D eigenvalue weighted by molar-refractivity contribution is 5.98. The van der Waals surface area contributed by atoms with Crippen molar-refractivity contribution in [1.82, 2.24) is 39.1 Å². The van der Waals surface area contributed by atoms with Crippen molar-refractivity contribution in [3.8, 4) is 11.3 Å². The maximum absolute atomic E-state index is 14.8. The number of halogens is 2. The van der Waals surface area contributed by atoms with Crippen molar-refractivity contribution in [2.45, 2.75) is 58.2 Å². The first-order chi connectivity index (χ1) is 17.8. The van der Waals surface area contributed by atoms with Gasteiger partial charge >= 0.3 is 0 Å². The lowest BCUT2D eigenvalue weighted by Gasteiger charge is -2.21. The van der Waals surface area contributed by atoms with E-state index in [9.17, 15) is 13.6 Å². The van der Waals surface area contributed by atoms with Crippen molar-refractivity contribution in [2.24, 2.45) is 0 Å². The Kier molecular flexibility index (Phi) is 5.28. The van der Waals surface area contributed by atoms with Crippen LogP contribution in [0.1, 0.15) is 64.0 Å². The molecule has 0 radical (unpaired) electrons. The molecule has 4 heterocycles. The normalized spacial score (nSPS) is 14.8. The molecule has 0 bridgehead atoms. The minimum atomic E-state index is -0.884. The number of nitrogens with two attached hydrogens (primary N) is 1. The molecule has 5 aromatic rings. The van der Waals surface area contributed by atoms with Crippen molar-refractivity contribution in [1.29, 1.82) is 0 Å². The lowest BCUT2D eigenvalue weighted by atomic mass is 10.1. The maximum atomic E-state index is 14.8. The lowest BCUT2D eigenvalue weighted by Crippen LogP contribution is -2.29. The fourth-order valence-corrected chi connectivity index (χ4v) is 4.79. The van der Waals surface area contributed by atoms with Crippen LogP contribution in [0.2, 0.25) is 0 Å². The van der Waals surface area contributed by atoms with Crippen LogP contribution in [0.5, 0.6) is 0 Å². The average Bonchev–Trinajstić information content (AvgIpc) is 3.42. The predicted molar refractivity (Wildman–Crippen MR) is 134 cm³/mol. The standard InChI is InChI=1S/C25H25F2N9O/c1-4-18(23-32-21-16(7-14(26)8-17(21)27)25(37)35(23)15-5-6-15)36-24-19(22(28)29-11-30-24)20(33-36)13-9-31-34(10-13)12(2)3/h7-12,15,18H,4-6H2,1-3H3,(H2,28,29,30)/t18-/m0/s1. The Morgan fingerprint density at radius 1 is 1.19 bits per heavy atom. The van der Waals surface area contributed by atoms with Crippen LogP contribution in [-0.2, 0) is 0 Å². The minimum Gasteiger partial charge on any atom is -0.383 e. The monoisotopic (exact) mass is 505 g/mol. The van der Waals surface area contributed by atoms with E-state index in [1.807, 2.05) is 31.6 Å². The van der Waals surface area contributed by atoms with Crippen molar-refractivity contribution in [3.63, 3.8) is 0 Å². The first-order valence-corrected chi connectivity index (χ1v) is 12.2. The van der Waals surface area contributed by atoms with Gasteiger partial charge in [-0.05, 0) is 39.2 Å². The van der Waals surface area contributed by atoms with E-state index in [-0.39, 0.29) is 28.8 Å². The number of fused-ring (bicyclic) bond motifs is 2. The average molecular weight is 506 g/mol. The van der Waals surface area contributed by atoms with Gasteiger partial charge in [-0.15, -0.1) is 0 Å². The fraction of sp³-hybridized carbons (Fsp3) is 0.360. The summed E-state index contributed by atoms with van der Waals surface area (Å²) in [6.45, 7) is 5.96. The molecule has 12 heteroatoms. The Labute approximate surface area is 209 Å². The Balaban J connectivity index is 1.62. The minimum absolute atomic E-state index is 0.0818. The van der Waals surface area contributed by atoms with Crippen LogP contribution in [0.25, 0.3) is 33.2 Å². The topological polar surface area (TPSA) is 122 Å². The van der Waals surface area contributed by atoms with E-state index in [1.165, 1.54) is 6.33 Å². The van der Waals surface area contributed by atoms with E-state index in [2.05, 4.69) is 20.1 Å². The predicted octanol–water partition coefficient (Wildman–Crippen LogP) is 4.18. The number of hydrogen-bond donors (Lipinski definition) is 1. The van der Waals surface area contributed by atoms with Gasteiger partial charge in [-0.3, -0.25) is 14.0 Å². The number of nitrogen functional groups attached to an aromatic ring is 1. The molecule has 0 saturated heterocycles. The van der Waals surface area contributed by atoms with Gasteiger partial charge in [-0.25, -0.2) is 28.4 Å². The molecule has 190 valence electrons. The van der Waals surface area contributed by atoms with E-state index in [1.54, 1.807) is 15.4 Å². The molecule has 1 aromatic carbocycles. The van der Waals surface area contributed by atoms with Gasteiger partial charge in [0.2, 0.25) is 0 Å². The second-order valence-corrected chi connectivity index (χ2v) is 9.64. The largest absolute Gasteiger partial charge is 0.383 e. The SMILES string of the molecule is CC[C@@H](c1nc2c(F)cc(F)cc2c(=O)n1C1CC1)n1nc(-c2cnn(C(C)C)c2)c2c(N)ncnc21. The molecule has 0 aliphatic heterocycles. The molecule has 10 nitrogen and oxygen atoms in total. The zero-order valence-electron chi connectivity index (χ0n) is 20.6. The molecule has 0 unspecified atom stereocenters. The number of benzene rings is 1. The molecule has 0 spiro atoms. The first-order valence-electron chi connectivity index (χ1n) is 12.2. The summed E-state index contributed by atoms with van der Waals surface area (Å²) >= 11 is 0. The molecule has 1 saturated carbocycles. The Morgan fingerprint density at radius 2 is 1.97 bits per heavy atom. The summed E-state index contributed by atoms with van der Waals surface area (Å²) in [5.74, 6) is -1.10. The summed E-state index contributed by atoms with van der Waals surface area (Å²) < 4.78 is 33.8. The molecule has 4 aromatic heterocycles. The maximum Gasteiger partial charge on any atom is 0.261 e. The van der Waals surface area contributed by atoms with Crippen LogP contribution < -0.4 is 11.3 Å². The first kappa shape index (κ1) is 23.2. The van der Waals surface area contributed by atoms with E-state index < -0.39 is 23.2 Å². The summed E-state index contributed by atoms with van der Waals surface area (Å²) in [5, 5.41) is 9.78. The van der Waals surface area contributed by atoms with Gasteiger partial charge < -0.3 is 5.73 Å². The third-order valence-corrected chi connectivity index (χ3v) is 6.76. The Hall–Kier alpha value is -4.22. The van der Waals surface area contributed by atoms with Crippen LogP contribution in [0.4, 0.5) is 14.6 Å². The highest BCUT2D eigenvalue weighted by Gasteiger charge is 2.33. The van der Waals surface area contributed by atoms with E-state index in [0.717, 1.165) is 30.5 Å². The molecule has 1 atom stereocenters. The van der Waals surface area contributed by atoms with Crippen LogP contribution in [0.3, 0.4) is 0 Å². The number of hydrogen-bond acceptors (Lipinski definition) is 7. The van der Waals surface area contributed by atoms with E-state index in [4.69, 9.17) is 10.8 Å². The van der Waals surface area contributed by atoms with Gasteiger partial charge in [-0.1, -0.05) is 6.92 Å². The van der Waals surface area contributed by atoms with Gasteiger partial charge in [0.05, 0.1) is 17.0 Å². The molecular formula is C25H25F2N9O. The quantitative estimate of drug-likeness (QED) is 0.367. The second kappa shape index (κ2) is 8.43. The zero-order valence-corrected chi connectivity index (χ0v) is 20.6. The third-order valence-electron chi connectivity index (χ3n) is 6.76. The molecule has 1 fully saturated rings. The van der Waals surface area contributed by atoms with Gasteiger partial charge in [0.25, 0.3) is 5.56 Å². The number of aromatic nitrogens is 8. The number of nitrogens with zero attached hydrogens (tertiary/aromatic N) is 8. The molecular weight excluding hydrogens is 480 g/mol. The third kappa shape index (κ3) is 3.66. The molecule has 1 aliphatic rings. The lowest BCUT2D eigenvalue weighted by molar-refractivity contribution is 0.460. The second-order valence-electron chi connectivity index (χ2n) is 9.64. The summed E-state index contributed by atoms with van der Waals surface area (Å²) in [4.78, 5) is 26.7. The summed E-state index contributed by atoms with van der Waals surface area (Å²) in [7, 11) is 0. The summed E-state index contributed by atoms with van der Waals surface area (Å²) in [6.07, 6.45) is 6.97. The molecule has 2 N–H and O–H groups in total. The van der Waals surface area contributed by atoms with Gasteiger partial charge in [0.1, 0.15) is 41.0 Å². The summed E-state index contributed by atoms with van der Waals surface area (Å²) in [6, 6.07) is 1.26. The van der Waals surface area contributed by atoms with E-state index >= 15 is 0 Å². The van der Waals surface area contributed by atoms with Crippen LogP contribution in [0, 0.1) is 11.6 Å². The van der Waals surface area contributed by atoms with Crippen molar-refractivity contribution in [2.75, 3.05) is 5.73 Å². The van der Waals surface area contributed by atoms with Crippen LogP contribution in [-0.4, -0.2) is 39.1 Å². The van der Waals surface area contributed by atoms with Crippen LogP contribution in [0.15, 0.2) is 35.6 Å². The molecule has 0 amide bonds. The Morgan fingerprint density at radius 3 is 2.65 bits per heavy atom. The fourth-order valence-electron chi connectivity index (χ4n) is 4.79. The number of rotatable bonds is 6. The molecule has 1 aliphatic carbocycles. The van der Waals surface area contributed by atoms with Crippen molar-refractivity contribution < 1.29 is 8.78 Å². The Bertz CT molecular complexity index is 1730. The zero-order chi connectivity index (χ0) is 26.0. The molecule has 37 heavy (non-hydrogen) atoms. The summed E-state index contributed by atoms with van der Waals surface area (Å²) in [5.41, 5.74) is 7.40. The van der Waals surface area contributed by atoms with E-state index in [0.29, 0.717) is 29.0 Å². The van der Waals surface area contributed by atoms with Gasteiger partial charge in [0.15, 0.2) is 11.5 Å². The smallest absolute Gasteiger partial charge is 0.261 e. The highest BCUT2D eigenvalue weighted by atomic mass is 19.1. The van der Waals surface area contributed by atoms with Crippen LogP contribution >= 0.6 is 0 Å². The van der Waals surface area contributed by atoms with Gasteiger partial charge in [0, 0.05) is 29.9 Å². The van der Waals surface area contributed by atoms with Crippen molar-refractivity contribution in [3.05, 3.63) is 58.7 Å². The van der Waals surface area contributed by atoms with Gasteiger partial charge in [-0.2, -0.15) is 10.2 Å². The highest BCUT2D eigenvalue weighted by Crippen LogP contribution is 2.39. The van der Waals surface area contributed by atoms with Crippen molar-refractivity contribution >= 4 is 27.8 Å². The molecule has 6 rings (SSSR count). The number of anilines is 1.